The first-order valence-corrected chi connectivity index (χ1v) is 9.16. The van der Waals surface area contributed by atoms with Crippen molar-refractivity contribution in [3.8, 4) is 0 Å². The van der Waals surface area contributed by atoms with Crippen LogP contribution in [0.4, 0.5) is 0 Å². The molecule has 26 heavy (non-hydrogen) atoms. The number of piperidine rings is 1. The molecular weight excluding hydrogens is 328 g/mol. The number of aliphatic hydroxyl groups is 1. The Morgan fingerprint density at radius 1 is 1.31 bits per heavy atom. The highest BCUT2D eigenvalue weighted by Gasteiger charge is 2.27. The Bertz CT molecular complexity index is 919. The van der Waals surface area contributed by atoms with E-state index >= 15 is 0 Å². The fraction of sp³-hybridized carbons (Fsp3) is 0.400. The van der Waals surface area contributed by atoms with Crippen LogP contribution in [-0.2, 0) is 6.54 Å². The number of hydrogen-bond donors (Lipinski definition) is 2. The van der Waals surface area contributed by atoms with E-state index in [2.05, 4.69) is 14.5 Å². The van der Waals surface area contributed by atoms with Crippen LogP contribution in [-0.4, -0.2) is 50.1 Å². The van der Waals surface area contributed by atoms with Gasteiger partial charge in [0.1, 0.15) is 5.82 Å². The van der Waals surface area contributed by atoms with Crippen LogP contribution in [0.15, 0.2) is 36.7 Å². The van der Waals surface area contributed by atoms with E-state index < -0.39 is 0 Å². The Kier molecular flexibility index (Phi) is 4.51. The summed E-state index contributed by atoms with van der Waals surface area (Å²) in [5, 5.41) is 10.3. The molecule has 1 amide bonds. The summed E-state index contributed by atoms with van der Waals surface area (Å²) in [6.07, 6.45) is 5.57. The van der Waals surface area contributed by atoms with Crippen LogP contribution in [0.25, 0.3) is 10.9 Å². The standard InChI is InChI=1S/C20H24N4O2/c1-14-13-22-19(24(14)10-11-25)15-5-8-23(9-6-15)20(26)17-2-3-18-16(12-17)4-7-21-18/h2-4,7,12-13,15,21,25H,5-6,8-11H2,1H3. The molecule has 136 valence electrons. The zero-order valence-electron chi connectivity index (χ0n) is 15.0. The number of carbonyl (C=O) groups excluding carboxylic acids is 1. The van der Waals surface area contributed by atoms with Gasteiger partial charge in [0.15, 0.2) is 0 Å². The van der Waals surface area contributed by atoms with E-state index in [9.17, 15) is 9.90 Å². The van der Waals surface area contributed by atoms with Crippen molar-refractivity contribution in [2.24, 2.45) is 0 Å². The van der Waals surface area contributed by atoms with Gasteiger partial charge in [0.2, 0.25) is 0 Å². The molecule has 1 aromatic carbocycles. The number of amides is 1. The number of carbonyl (C=O) groups is 1. The Morgan fingerprint density at radius 3 is 2.88 bits per heavy atom. The number of fused-ring (bicyclic) bond motifs is 1. The van der Waals surface area contributed by atoms with Crippen LogP contribution in [0.3, 0.4) is 0 Å². The molecule has 6 nitrogen and oxygen atoms in total. The summed E-state index contributed by atoms with van der Waals surface area (Å²) in [6.45, 7) is 4.18. The van der Waals surface area contributed by atoms with E-state index in [4.69, 9.17) is 0 Å². The van der Waals surface area contributed by atoms with Crippen molar-refractivity contribution in [3.05, 3.63) is 53.7 Å². The summed E-state index contributed by atoms with van der Waals surface area (Å²) in [5.74, 6) is 1.48. The minimum absolute atomic E-state index is 0.0985. The van der Waals surface area contributed by atoms with Gasteiger partial charge < -0.3 is 19.6 Å². The number of nitrogens with zero attached hydrogens (tertiary/aromatic N) is 3. The van der Waals surface area contributed by atoms with Gasteiger partial charge in [-0.05, 0) is 44.0 Å². The van der Waals surface area contributed by atoms with Crippen LogP contribution < -0.4 is 0 Å². The van der Waals surface area contributed by atoms with Crippen LogP contribution in [0.5, 0.6) is 0 Å². The smallest absolute Gasteiger partial charge is 0.253 e. The highest BCUT2D eigenvalue weighted by molar-refractivity contribution is 5.98. The average Bonchev–Trinajstić information content (AvgIpc) is 3.28. The Labute approximate surface area is 152 Å². The summed E-state index contributed by atoms with van der Waals surface area (Å²) < 4.78 is 2.10. The maximum atomic E-state index is 12.8. The lowest BCUT2D eigenvalue weighted by Crippen LogP contribution is -2.38. The SMILES string of the molecule is Cc1cnc(C2CCN(C(=O)c3ccc4[nH]ccc4c3)CC2)n1CCO. The van der Waals surface area contributed by atoms with Crippen LogP contribution in [0, 0.1) is 6.92 Å². The maximum absolute atomic E-state index is 12.8. The van der Waals surface area contributed by atoms with E-state index in [0.29, 0.717) is 12.5 Å². The fourth-order valence-electron chi connectivity index (χ4n) is 3.91. The molecule has 1 saturated heterocycles. The first-order chi connectivity index (χ1) is 12.7. The third kappa shape index (κ3) is 3.01. The number of hydrogen-bond acceptors (Lipinski definition) is 3. The summed E-state index contributed by atoms with van der Waals surface area (Å²) in [5.41, 5.74) is 2.87. The van der Waals surface area contributed by atoms with Gasteiger partial charge in [-0.25, -0.2) is 4.98 Å². The average molecular weight is 352 g/mol. The van der Waals surface area contributed by atoms with Gasteiger partial charge >= 0.3 is 0 Å². The van der Waals surface area contributed by atoms with Crippen molar-refractivity contribution in [2.75, 3.05) is 19.7 Å². The number of benzene rings is 1. The first kappa shape index (κ1) is 16.8. The van der Waals surface area contributed by atoms with Crippen molar-refractivity contribution in [3.63, 3.8) is 0 Å². The molecule has 6 heteroatoms. The molecule has 0 bridgehead atoms. The lowest BCUT2D eigenvalue weighted by Gasteiger charge is -2.32. The maximum Gasteiger partial charge on any atom is 0.253 e. The zero-order chi connectivity index (χ0) is 18.1. The number of aryl methyl sites for hydroxylation is 1. The van der Waals surface area contributed by atoms with Crippen molar-refractivity contribution in [1.29, 1.82) is 0 Å². The Hall–Kier alpha value is -2.60. The summed E-state index contributed by atoms with van der Waals surface area (Å²) in [7, 11) is 0. The molecule has 1 aliphatic rings. The van der Waals surface area contributed by atoms with Gasteiger partial charge in [0, 0.05) is 60.1 Å². The van der Waals surface area contributed by atoms with Gasteiger partial charge in [-0.3, -0.25) is 4.79 Å². The fourth-order valence-corrected chi connectivity index (χ4v) is 3.91. The molecule has 2 aromatic heterocycles. The predicted octanol–water partition coefficient (Wildman–Crippen LogP) is 2.68. The van der Waals surface area contributed by atoms with Gasteiger partial charge in [-0.1, -0.05) is 0 Å². The lowest BCUT2D eigenvalue weighted by atomic mass is 9.95. The molecule has 0 saturated carbocycles. The molecular formula is C20H24N4O2. The highest BCUT2D eigenvalue weighted by atomic mass is 16.3. The Morgan fingerprint density at radius 2 is 2.12 bits per heavy atom. The van der Waals surface area contributed by atoms with Crippen molar-refractivity contribution in [2.45, 2.75) is 32.2 Å². The van der Waals surface area contributed by atoms with Crippen LogP contribution >= 0.6 is 0 Å². The van der Waals surface area contributed by atoms with Crippen molar-refractivity contribution >= 4 is 16.8 Å². The molecule has 0 radical (unpaired) electrons. The first-order valence-electron chi connectivity index (χ1n) is 9.16. The van der Waals surface area contributed by atoms with Gasteiger partial charge in [0.05, 0.1) is 6.61 Å². The topological polar surface area (TPSA) is 74.2 Å². The molecule has 4 rings (SSSR count). The number of likely N-dealkylation sites (tertiary alicyclic amines) is 1. The normalized spacial score (nSPS) is 15.7. The van der Waals surface area contributed by atoms with Gasteiger partial charge in [-0.15, -0.1) is 0 Å². The third-order valence-corrected chi connectivity index (χ3v) is 5.36. The van der Waals surface area contributed by atoms with E-state index in [-0.39, 0.29) is 12.5 Å². The summed E-state index contributed by atoms with van der Waals surface area (Å²) in [4.78, 5) is 22.5. The van der Waals surface area contributed by atoms with E-state index in [1.165, 1.54) is 0 Å². The number of H-pyrrole nitrogens is 1. The molecule has 0 unspecified atom stereocenters. The summed E-state index contributed by atoms with van der Waals surface area (Å²) in [6, 6.07) is 7.80. The molecule has 0 aliphatic carbocycles. The number of imidazole rings is 1. The number of aromatic amines is 1. The minimum Gasteiger partial charge on any atom is -0.395 e. The molecule has 2 N–H and O–H groups in total. The largest absolute Gasteiger partial charge is 0.395 e. The van der Waals surface area contributed by atoms with E-state index in [0.717, 1.165) is 53.9 Å². The molecule has 0 spiro atoms. The van der Waals surface area contributed by atoms with Crippen LogP contribution in [0.2, 0.25) is 0 Å². The Balaban J connectivity index is 1.45. The molecule has 1 aliphatic heterocycles. The van der Waals surface area contributed by atoms with Crippen molar-refractivity contribution < 1.29 is 9.90 Å². The molecule has 0 atom stereocenters. The molecule has 3 heterocycles. The van der Waals surface area contributed by atoms with E-state index in [1.54, 1.807) is 0 Å². The molecule has 3 aromatic rings. The lowest BCUT2D eigenvalue weighted by molar-refractivity contribution is 0.0710. The second-order valence-electron chi connectivity index (χ2n) is 6.98. The zero-order valence-corrected chi connectivity index (χ0v) is 15.0. The van der Waals surface area contributed by atoms with E-state index in [1.807, 2.05) is 48.5 Å². The predicted molar refractivity (Wildman–Crippen MR) is 100 cm³/mol. The number of rotatable bonds is 4. The number of nitrogens with one attached hydrogen (secondary N) is 1. The minimum atomic E-state index is 0.0985. The van der Waals surface area contributed by atoms with Crippen molar-refractivity contribution in [1.82, 2.24) is 19.4 Å². The summed E-state index contributed by atoms with van der Waals surface area (Å²) >= 11 is 0. The van der Waals surface area contributed by atoms with Gasteiger partial charge in [-0.2, -0.15) is 0 Å². The second-order valence-corrected chi connectivity index (χ2v) is 6.98. The number of aromatic nitrogens is 3. The van der Waals surface area contributed by atoms with Gasteiger partial charge in [0.25, 0.3) is 5.91 Å². The second kappa shape index (κ2) is 6.96. The van der Waals surface area contributed by atoms with Crippen LogP contribution in [0.1, 0.15) is 40.6 Å². The molecule has 1 fully saturated rings. The highest BCUT2D eigenvalue weighted by Crippen LogP contribution is 2.29. The third-order valence-electron chi connectivity index (χ3n) is 5.36. The monoisotopic (exact) mass is 352 g/mol. The quantitative estimate of drug-likeness (QED) is 0.758. The number of aliphatic hydroxyl groups excluding tert-OH is 1.